The predicted molar refractivity (Wildman–Crippen MR) is 92.3 cm³/mol. The number of hydrogen-bond donors (Lipinski definition) is 1. The van der Waals surface area contributed by atoms with Crippen LogP contribution in [0, 0.1) is 6.92 Å². The lowest BCUT2D eigenvalue weighted by Gasteiger charge is -2.18. The fraction of sp³-hybridized carbons (Fsp3) is 0.100. The maximum Gasteiger partial charge on any atom is 0.236 e. The number of rotatable bonds is 4. The van der Waals surface area contributed by atoms with Crippen molar-refractivity contribution in [2.75, 3.05) is 5.32 Å². The third-order valence-electron chi connectivity index (χ3n) is 3.79. The Kier molecular flexibility index (Phi) is 4.48. The molecule has 3 heteroatoms. The van der Waals surface area contributed by atoms with Crippen LogP contribution in [0.4, 0.5) is 5.69 Å². The van der Waals surface area contributed by atoms with Crippen molar-refractivity contribution < 1.29 is 4.79 Å². The van der Waals surface area contributed by atoms with Crippen LogP contribution < -0.4 is 5.32 Å². The largest absolute Gasteiger partial charge is 0.324 e. The highest BCUT2D eigenvalue weighted by molar-refractivity contribution is 5.98. The highest BCUT2D eigenvalue weighted by atomic mass is 16.1. The summed E-state index contributed by atoms with van der Waals surface area (Å²) in [5.74, 6) is -0.407. The fourth-order valence-corrected chi connectivity index (χ4v) is 2.61. The number of carbonyl (C=O) groups excluding carboxylic acids is 1. The first-order valence-electron chi connectivity index (χ1n) is 7.58. The lowest BCUT2D eigenvalue weighted by molar-refractivity contribution is -0.116. The maximum absolute atomic E-state index is 12.9. The predicted octanol–water partition coefficient (Wildman–Crippen LogP) is 4.16. The average Bonchev–Trinajstić information content (AvgIpc) is 2.59. The zero-order valence-corrected chi connectivity index (χ0v) is 12.9. The van der Waals surface area contributed by atoms with E-state index in [0.717, 1.165) is 22.5 Å². The van der Waals surface area contributed by atoms with Crippen molar-refractivity contribution in [1.29, 1.82) is 0 Å². The van der Waals surface area contributed by atoms with Gasteiger partial charge in [0.15, 0.2) is 0 Å². The zero-order valence-electron chi connectivity index (χ0n) is 12.9. The summed E-state index contributed by atoms with van der Waals surface area (Å²) in [5, 5.41) is 3.01. The minimum atomic E-state index is -0.350. The van der Waals surface area contributed by atoms with Crippen molar-refractivity contribution in [3.63, 3.8) is 0 Å². The van der Waals surface area contributed by atoms with Crippen molar-refractivity contribution in [3.8, 4) is 0 Å². The summed E-state index contributed by atoms with van der Waals surface area (Å²) in [6, 6.07) is 23.3. The van der Waals surface area contributed by atoms with E-state index in [1.807, 2.05) is 79.7 Å². The van der Waals surface area contributed by atoms with Crippen LogP contribution in [0.1, 0.15) is 22.7 Å². The Morgan fingerprint density at radius 2 is 1.43 bits per heavy atom. The Hall–Kier alpha value is -2.94. The molecule has 1 heterocycles. The molecule has 1 N–H and O–H groups in total. The van der Waals surface area contributed by atoms with Gasteiger partial charge in [0, 0.05) is 6.20 Å². The van der Waals surface area contributed by atoms with Crippen LogP contribution in [0.2, 0.25) is 0 Å². The van der Waals surface area contributed by atoms with Gasteiger partial charge in [-0.15, -0.1) is 0 Å². The number of aromatic nitrogens is 1. The van der Waals surface area contributed by atoms with E-state index in [-0.39, 0.29) is 11.8 Å². The standard InChI is InChI=1S/C20H18N2O/c1-15-18(13-8-14-21-15)22-20(23)19(16-9-4-2-5-10-16)17-11-6-3-7-12-17/h2-14,19H,1H3,(H,22,23). The summed E-state index contributed by atoms with van der Waals surface area (Å²) in [6.45, 7) is 1.88. The highest BCUT2D eigenvalue weighted by Gasteiger charge is 2.23. The first-order chi connectivity index (χ1) is 11.3. The van der Waals surface area contributed by atoms with Gasteiger partial charge < -0.3 is 5.32 Å². The minimum absolute atomic E-state index is 0.0569. The minimum Gasteiger partial charge on any atom is -0.324 e. The van der Waals surface area contributed by atoms with E-state index in [1.54, 1.807) is 6.20 Å². The van der Waals surface area contributed by atoms with Crippen molar-refractivity contribution in [2.45, 2.75) is 12.8 Å². The van der Waals surface area contributed by atoms with E-state index in [9.17, 15) is 4.79 Å². The van der Waals surface area contributed by atoms with E-state index >= 15 is 0 Å². The summed E-state index contributed by atoms with van der Waals surface area (Å²) in [5.41, 5.74) is 3.49. The number of aryl methyl sites for hydroxylation is 1. The lowest BCUT2D eigenvalue weighted by Crippen LogP contribution is -2.22. The quantitative estimate of drug-likeness (QED) is 0.786. The van der Waals surface area contributed by atoms with Gasteiger partial charge in [0.05, 0.1) is 17.3 Å². The normalized spacial score (nSPS) is 10.5. The zero-order chi connectivity index (χ0) is 16.1. The van der Waals surface area contributed by atoms with Gasteiger partial charge in [-0.25, -0.2) is 0 Å². The number of anilines is 1. The van der Waals surface area contributed by atoms with Crippen LogP contribution in [0.15, 0.2) is 79.0 Å². The maximum atomic E-state index is 12.9. The third kappa shape index (κ3) is 3.46. The monoisotopic (exact) mass is 302 g/mol. The first-order valence-corrected chi connectivity index (χ1v) is 7.58. The van der Waals surface area contributed by atoms with Crippen molar-refractivity contribution in [3.05, 3.63) is 95.8 Å². The molecule has 0 spiro atoms. The number of benzene rings is 2. The Morgan fingerprint density at radius 3 is 1.96 bits per heavy atom. The summed E-state index contributed by atoms with van der Waals surface area (Å²) < 4.78 is 0. The van der Waals surface area contributed by atoms with E-state index in [2.05, 4.69) is 10.3 Å². The molecule has 0 unspecified atom stereocenters. The van der Waals surface area contributed by atoms with Crippen molar-refractivity contribution in [2.24, 2.45) is 0 Å². The van der Waals surface area contributed by atoms with Gasteiger partial charge in [0.1, 0.15) is 0 Å². The molecule has 1 aromatic heterocycles. The van der Waals surface area contributed by atoms with E-state index in [0.29, 0.717) is 0 Å². The molecule has 2 aromatic carbocycles. The molecule has 0 saturated carbocycles. The van der Waals surface area contributed by atoms with Gasteiger partial charge in [-0.2, -0.15) is 0 Å². The molecule has 0 aliphatic carbocycles. The lowest BCUT2D eigenvalue weighted by atomic mass is 9.90. The molecule has 23 heavy (non-hydrogen) atoms. The van der Waals surface area contributed by atoms with Crippen molar-refractivity contribution >= 4 is 11.6 Å². The number of carbonyl (C=O) groups is 1. The Morgan fingerprint density at radius 1 is 0.870 bits per heavy atom. The SMILES string of the molecule is Cc1ncccc1NC(=O)C(c1ccccc1)c1ccccc1. The number of nitrogens with one attached hydrogen (secondary N) is 1. The van der Waals surface area contributed by atoms with Crippen LogP contribution in [0.25, 0.3) is 0 Å². The molecule has 0 saturated heterocycles. The topological polar surface area (TPSA) is 42.0 Å². The summed E-state index contributed by atoms with van der Waals surface area (Å²) >= 11 is 0. The fourth-order valence-electron chi connectivity index (χ4n) is 2.61. The third-order valence-corrected chi connectivity index (χ3v) is 3.79. The molecular weight excluding hydrogens is 284 g/mol. The average molecular weight is 302 g/mol. The molecule has 0 atom stereocenters. The van der Waals surface area contributed by atoms with Crippen molar-refractivity contribution in [1.82, 2.24) is 4.98 Å². The molecule has 114 valence electrons. The number of nitrogens with zero attached hydrogens (tertiary/aromatic N) is 1. The summed E-state index contributed by atoms with van der Waals surface area (Å²) in [4.78, 5) is 17.1. The van der Waals surface area contributed by atoms with Crippen LogP contribution in [0.5, 0.6) is 0 Å². The molecule has 3 aromatic rings. The van der Waals surface area contributed by atoms with Crippen LogP contribution >= 0.6 is 0 Å². The Labute approximate surface area is 136 Å². The molecule has 1 amide bonds. The van der Waals surface area contributed by atoms with Gasteiger partial charge >= 0.3 is 0 Å². The van der Waals surface area contributed by atoms with Gasteiger partial charge in [-0.3, -0.25) is 9.78 Å². The molecule has 0 bridgehead atoms. The smallest absolute Gasteiger partial charge is 0.236 e. The van der Waals surface area contributed by atoms with Crippen LogP contribution in [-0.2, 0) is 4.79 Å². The molecule has 3 rings (SSSR count). The summed E-state index contributed by atoms with van der Waals surface area (Å²) in [6.07, 6.45) is 1.72. The molecular formula is C20H18N2O. The number of amides is 1. The molecule has 0 aliphatic heterocycles. The second-order valence-corrected chi connectivity index (χ2v) is 5.38. The molecule has 0 aliphatic rings. The van der Waals surface area contributed by atoms with Gasteiger partial charge in [-0.1, -0.05) is 60.7 Å². The van der Waals surface area contributed by atoms with Gasteiger partial charge in [-0.05, 0) is 30.2 Å². The van der Waals surface area contributed by atoms with E-state index in [1.165, 1.54) is 0 Å². The van der Waals surface area contributed by atoms with E-state index < -0.39 is 0 Å². The number of pyridine rings is 1. The molecule has 0 fully saturated rings. The Bertz CT molecular complexity index is 746. The number of hydrogen-bond acceptors (Lipinski definition) is 2. The van der Waals surface area contributed by atoms with E-state index in [4.69, 9.17) is 0 Å². The van der Waals surface area contributed by atoms with Crippen LogP contribution in [-0.4, -0.2) is 10.9 Å². The highest BCUT2D eigenvalue weighted by Crippen LogP contribution is 2.26. The second-order valence-electron chi connectivity index (χ2n) is 5.38. The first kappa shape index (κ1) is 15.0. The Balaban J connectivity index is 1.96. The second kappa shape index (κ2) is 6.88. The van der Waals surface area contributed by atoms with Gasteiger partial charge in [0.2, 0.25) is 5.91 Å². The van der Waals surface area contributed by atoms with Crippen LogP contribution in [0.3, 0.4) is 0 Å². The molecule has 0 radical (unpaired) electrons. The van der Waals surface area contributed by atoms with Gasteiger partial charge in [0.25, 0.3) is 0 Å². The summed E-state index contributed by atoms with van der Waals surface area (Å²) in [7, 11) is 0. The molecule has 3 nitrogen and oxygen atoms in total.